The Kier molecular flexibility index (Phi) is 5.86. The highest BCUT2D eigenvalue weighted by Gasteiger charge is 2.24. The van der Waals surface area contributed by atoms with Gasteiger partial charge in [-0.25, -0.2) is 4.39 Å². The third kappa shape index (κ3) is 4.71. The third-order valence-electron chi connectivity index (χ3n) is 4.99. The Morgan fingerprint density at radius 2 is 1.67 bits per heavy atom. The van der Waals surface area contributed by atoms with Crippen molar-refractivity contribution in [3.05, 3.63) is 65.0 Å². The Hall–Kier alpha value is -2.73. The summed E-state index contributed by atoms with van der Waals surface area (Å²) in [5, 5.41) is 2.76. The molecule has 5 nitrogen and oxygen atoms in total. The Morgan fingerprint density at radius 1 is 1.00 bits per heavy atom. The average Bonchev–Trinajstić information content (AvgIpc) is 2.66. The smallest absolute Gasteiger partial charge is 0.254 e. The van der Waals surface area contributed by atoms with Crippen molar-refractivity contribution in [3.63, 3.8) is 0 Å². The van der Waals surface area contributed by atoms with E-state index in [1.54, 1.807) is 0 Å². The summed E-state index contributed by atoms with van der Waals surface area (Å²) < 4.78 is 12.9. The Labute approximate surface area is 158 Å². The number of hydrogen-bond donors (Lipinski definition) is 1. The number of carbonyl (C=O) groups excluding carboxylic acids is 2. The van der Waals surface area contributed by atoms with Gasteiger partial charge in [0.15, 0.2) is 0 Å². The van der Waals surface area contributed by atoms with E-state index in [1.165, 1.54) is 24.3 Å². The number of nitrogens with zero attached hydrogens (tertiary/aromatic N) is 2. The number of rotatable bonds is 4. The molecule has 0 aromatic heterocycles. The standard InChI is InChI=1S/C21H24FN3O2/c1-15-4-3-5-19(16(15)2)21(27)25-12-10-24(11-13-25)14-20(26)23-18-8-6-17(22)7-9-18/h3-9H,10-14H2,1-2H3,(H,23,26). The van der Waals surface area contributed by atoms with Crippen LogP contribution in [0.25, 0.3) is 0 Å². The lowest BCUT2D eigenvalue weighted by Crippen LogP contribution is -2.50. The molecule has 142 valence electrons. The fourth-order valence-electron chi connectivity index (χ4n) is 3.20. The first kappa shape index (κ1) is 19.0. The van der Waals surface area contributed by atoms with Gasteiger partial charge in [-0.3, -0.25) is 14.5 Å². The number of halogens is 1. The molecule has 0 unspecified atom stereocenters. The number of amides is 2. The van der Waals surface area contributed by atoms with Crippen LogP contribution in [-0.2, 0) is 4.79 Å². The van der Waals surface area contributed by atoms with Crippen LogP contribution in [0.15, 0.2) is 42.5 Å². The van der Waals surface area contributed by atoms with Crippen LogP contribution in [0.1, 0.15) is 21.5 Å². The number of carbonyl (C=O) groups is 2. The van der Waals surface area contributed by atoms with Crippen LogP contribution in [0, 0.1) is 19.7 Å². The largest absolute Gasteiger partial charge is 0.336 e. The zero-order chi connectivity index (χ0) is 19.4. The summed E-state index contributed by atoms with van der Waals surface area (Å²) in [6.07, 6.45) is 0. The fourth-order valence-corrected chi connectivity index (χ4v) is 3.20. The van der Waals surface area contributed by atoms with Gasteiger partial charge in [0.25, 0.3) is 5.91 Å². The molecule has 1 fully saturated rings. The van der Waals surface area contributed by atoms with Gasteiger partial charge in [-0.05, 0) is 55.3 Å². The van der Waals surface area contributed by atoms with Gasteiger partial charge in [0.05, 0.1) is 6.54 Å². The number of nitrogens with one attached hydrogen (secondary N) is 1. The van der Waals surface area contributed by atoms with E-state index in [0.29, 0.717) is 31.9 Å². The van der Waals surface area contributed by atoms with Crippen molar-refractivity contribution in [3.8, 4) is 0 Å². The lowest BCUT2D eigenvalue weighted by molar-refractivity contribution is -0.117. The summed E-state index contributed by atoms with van der Waals surface area (Å²) in [5.74, 6) is -0.430. The van der Waals surface area contributed by atoms with Crippen molar-refractivity contribution in [2.24, 2.45) is 0 Å². The average molecular weight is 369 g/mol. The minimum absolute atomic E-state index is 0.0478. The zero-order valence-electron chi connectivity index (χ0n) is 15.7. The van der Waals surface area contributed by atoms with Gasteiger partial charge in [0, 0.05) is 37.4 Å². The molecule has 3 rings (SSSR count). The summed E-state index contributed by atoms with van der Waals surface area (Å²) in [7, 11) is 0. The molecule has 0 bridgehead atoms. The van der Waals surface area contributed by atoms with Crippen LogP contribution in [0.3, 0.4) is 0 Å². The summed E-state index contributed by atoms with van der Waals surface area (Å²) in [6.45, 7) is 6.71. The molecule has 0 atom stereocenters. The predicted octanol–water partition coefficient (Wildman–Crippen LogP) is 2.84. The van der Waals surface area contributed by atoms with E-state index in [2.05, 4.69) is 5.32 Å². The molecule has 1 aliphatic rings. The molecule has 1 saturated heterocycles. The Balaban J connectivity index is 1.51. The molecule has 1 heterocycles. The van der Waals surface area contributed by atoms with Crippen molar-refractivity contribution in [1.29, 1.82) is 0 Å². The number of hydrogen-bond acceptors (Lipinski definition) is 3. The van der Waals surface area contributed by atoms with Crippen LogP contribution in [-0.4, -0.2) is 54.3 Å². The van der Waals surface area contributed by atoms with Gasteiger partial charge in [-0.15, -0.1) is 0 Å². The number of piperazine rings is 1. The SMILES string of the molecule is Cc1cccc(C(=O)N2CCN(CC(=O)Nc3ccc(F)cc3)CC2)c1C. The number of anilines is 1. The van der Waals surface area contributed by atoms with E-state index in [4.69, 9.17) is 0 Å². The van der Waals surface area contributed by atoms with Gasteiger partial charge >= 0.3 is 0 Å². The maximum Gasteiger partial charge on any atom is 0.254 e. The monoisotopic (exact) mass is 369 g/mol. The molecule has 2 aromatic rings. The van der Waals surface area contributed by atoms with E-state index in [1.807, 2.05) is 41.8 Å². The summed E-state index contributed by atoms with van der Waals surface area (Å²) in [6, 6.07) is 11.5. The number of benzene rings is 2. The fraction of sp³-hybridized carbons (Fsp3) is 0.333. The summed E-state index contributed by atoms with van der Waals surface area (Å²) in [5.41, 5.74) is 3.45. The van der Waals surface area contributed by atoms with Gasteiger partial charge in [-0.2, -0.15) is 0 Å². The first-order chi connectivity index (χ1) is 12.9. The van der Waals surface area contributed by atoms with Crippen LogP contribution in [0.5, 0.6) is 0 Å². The molecule has 0 spiro atoms. The quantitative estimate of drug-likeness (QED) is 0.902. The molecule has 2 aromatic carbocycles. The molecule has 0 radical (unpaired) electrons. The van der Waals surface area contributed by atoms with Gasteiger partial charge in [0.1, 0.15) is 5.82 Å². The zero-order valence-corrected chi connectivity index (χ0v) is 15.7. The number of aryl methyl sites for hydroxylation is 1. The highest BCUT2D eigenvalue weighted by molar-refractivity contribution is 5.96. The molecule has 6 heteroatoms. The molecular formula is C21H24FN3O2. The lowest BCUT2D eigenvalue weighted by Gasteiger charge is -2.34. The molecule has 0 aliphatic carbocycles. The first-order valence-electron chi connectivity index (χ1n) is 9.07. The van der Waals surface area contributed by atoms with Crippen LogP contribution in [0.4, 0.5) is 10.1 Å². The highest BCUT2D eigenvalue weighted by atomic mass is 19.1. The second-order valence-electron chi connectivity index (χ2n) is 6.87. The predicted molar refractivity (Wildman–Crippen MR) is 103 cm³/mol. The van der Waals surface area contributed by atoms with E-state index in [-0.39, 0.29) is 24.2 Å². The van der Waals surface area contributed by atoms with Crippen LogP contribution >= 0.6 is 0 Å². The Morgan fingerprint density at radius 3 is 2.33 bits per heavy atom. The van der Waals surface area contributed by atoms with Crippen molar-refractivity contribution in [2.45, 2.75) is 13.8 Å². The molecule has 27 heavy (non-hydrogen) atoms. The van der Waals surface area contributed by atoms with Crippen LogP contribution < -0.4 is 5.32 Å². The lowest BCUT2D eigenvalue weighted by atomic mass is 10.0. The second kappa shape index (κ2) is 8.31. The normalized spacial score (nSPS) is 14.9. The van der Waals surface area contributed by atoms with Crippen molar-refractivity contribution >= 4 is 17.5 Å². The van der Waals surface area contributed by atoms with E-state index < -0.39 is 0 Å². The second-order valence-corrected chi connectivity index (χ2v) is 6.87. The summed E-state index contributed by atoms with van der Waals surface area (Å²) in [4.78, 5) is 28.8. The third-order valence-corrected chi connectivity index (χ3v) is 4.99. The summed E-state index contributed by atoms with van der Waals surface area (Å²) >= 11 is 0. The van der Waals surface area contributed by atoms with E-state index in [0.717, 1.165) is 16.7 Å². The Bertz CT molecular complexity index is 828. The molecular weight excluding hydrogens is 345 g/mol. The first-order valence-corrected chi connectivity index (χ1v) is 9.07. The molecule has 2 amide bonds. The van der Waals surface area contributed by atoms with E-state index >= 15 is 0 Å². The molecule has 1 aliphatic heterocycles. The topological polar surface area (TPSA) is 52.7 Å². The minimum atomic E-state index is -0.336. The maximum absolute atomic E-state index is 12.9. The van der Waals surface area contributed by atoms with Gasteiger partial charge in [0.2, 0.25) is 5.91 Å². The van der Waals surface area contributed by atoms with Gasteiger partial charge < -0.3 is 10.2 Å². The molecule has 0 saturated carbocycles. The molecule has 1 N–H and O–H groups in total. The maximum atomic E-state index is 12.9. The van der Waals surface area contributed by atoms with Crippen molar-refractivity contribution in [1.82, 2.24) is 9.80 Å². The van der Waals surface area contributed by atoms with E-state index in [9.17, 15) is 14.0 Å². The van der Waals surface area contributed by atoms with Crippen molar-refractivity contribution in [2.75, 3.05) is 38.0 Å². The highest BCUT2D eigenvalue weighted by Crippen LogP contribution is 2.16. The minimum Gasteiger partial charge on any atom is -0.336 e. The van der Waals surface area contributed by atoms with Gasteiger partial charge in [-0.1, -0.05) is 12.1 Å². The van der Waals surface area contributed by atoms with Crippen LogP contribution in [0.2, 0.25) is 0 Å². The van der Waals surface area contributed by atoms with Crippen molar-refractivity contribution < 1.29 is 14.0 Å².